The monoisotopic (exact) mass is 459 g/mol. The highest BCUT2D eigenvalue weighted by Crippen LogP contribution is 2.31. The number of thioether (sulfide) groups is 1. The summed E-state index contributed by atoms with van der Waals surface area (Å²) in [6.07, 6.45) is 0. The number of carbonyl (C=O) groups excluding carboxylic acids is 3. The van der Waals surface area contributed by atoms with Crippen LogP contribution in [-0.4, -0.2) is 28.0 Å². The van der Waals surface area contributed by atoms with Gasteiger partial charge in [-0.05, 0) is 39.5 Å². The first-order valence-corrected chi connectivity index (χ1v) is 9.69. The lowest BCUT2D eigenvalue weighted by Crippen LogP contribution is -2.53. The van der Waals surface area contributed by atoms with E-state index < -0.39 is 46.2 Å². The summed E-state index contributed by atoms with van der Waals surface area (Å²) in [4.78, 5) is 58.6. The number of esters is 1. The fraction of sp³-hybridized carbons (Fsp3) is 0.500. The quantitative estimate of drug-likeness (QED) is 0.569. The zero-order valence-electron chi connectivity index (χ0n) is 17.4. The van der Waals surface area contributed by atoms with Crippen LogP contribution in [-0.2, 0) is 32.3 Å². The Morgan fingerprint density at radius 3 is 1.84 bits per heavy atom. The molecule has 0 radical (unpaired) electrons. The van der Waals surface area contributed by atoms with Gasteiger partial charge in [-0.3, -0.25) is 4.79 Å². The third-order valence-corrected chi connectivity index (χ3v) is 5.01. The van der Waals surface area contributed by atoms with E-state index >= 15 is 0 Å². The standard InChI is InChI=1S/C18H21NO11S/c1-8-11(29-15(22)27-8)6-25-14(21)13(19-10(3)20)18(4,5)31-17(24)26-7-12-9(2)28-16(23)30-12/h13H,6-7H2,1-5H3,(H,19,20)/t13-/m0/s1. The third kappa shape index (κ3) is 6.64. The lowest BCUT2D eigenvalue weighted by atomic mass is 10.0. The van der Waals surface area contributed by atoms with Crippen LogP contribution in [0.3, 0.4) is 0 Å². The highest BCUT2D eigenvalue weighted by molar-refractivity contribution is 8.14. The largest absolute Gasteiger partial charge is 0.519 e. The molecule has 0 bridgehead atoms. The molecule has 170 valence electrons. The third-order valence-electron chi connectivity index (χ3n) is 3.96. The van der Waals surface area contributed by atoms with Gasteiger partial charge in [-0.2, -0.15) is 0 Å². The first-order valence-electron chi connectivity index (χ1n) is 8.87. The van der Waals surface area contributed by atoms with Gasteiger partial charge in [0.2, 0.25) is 5.91 Å². The van der Waals surface area contributed by atoms with Gasteiger partial charge >= 0.3 is 22.9 Å². The number of aryl methyl sites for hydroxylation is 2. The molecule has 0 aliphatic heterocycles. The second-order valence-corrected chi connectivity index (χ2v) is 8.44. The van der Waals surface area contributed by atoms with Crippen molar-refractivity contribution >= 4 is 28.9 Å². The fourth-order valence-corrected chi connectivity index (χ4v) is 3.20. The minimum absolute atomic E-state index is 0.0155. The van der Waals surface area contributed by atoms with Gasteiger partial charge in [0.1, 0.15) is 6.04 Å². The minimum atomic E-state index is -1.25. The lowest BCUT2D eigenvalue weighted by Gasteiger charge is -2.31. The average molecular weight is 459 g/mol. The van der Waals surface area contributed by atoms with E-state index in [1.54, 1.807) is 0 Å². The number of amides is 1. The number of carbonyl (C=O) groups is 3. The van der Waals surface area contributed by atoms with Crippen molar-refractivity contribution in [3.8, 4) is 0 Å². The lowest BCUT2D eigenvalue weighted by molar-refractivity contribution is -0.150. The van der Waals surface area contributed by atoms with Crippen molar-refractivity contribution in [2.75, 3.05) is 0 Å². The fourth-order valence-electron chi connectivity index (χ4n) is 2.38. The van der Waals surface area contributed by atoms with Crippen molar-refractivity contribution in [2.24, 2.45) is 0 Å². The highest BCUT2D eigenvalue weighted by atomic mass is 32.2. The Balaban J connectivity index is 2.04. The Bertz CT molecular complexity index is 1070. The molecule has 13 heteroatoms. The van der Waals surface area contributed by atoms with Crippen LogP contribution in [0.5, 0.6) is 0 Å². The van der Waals surface area contributed by atoms with Gasteiger partial charge in [0.05, 0.1) is 4.75 Å². The van der Waals surface area contributed by atoms with Crippen LogP contribution in [0.25, 0.3) is 0 Å². The molecule has 0 aliphatic rings. The minimum Gasteiger partial charge on any atom is -0.456 e. The zero-order valence-corrected chi connectivity index (χ0v) is 18.2. The van der Waals surface area contributed by atoms with Gasteiger partial charge in [-0.25, -0.2) is 19.2 Å². The van der Waals surface area contributed by atoms with Crippen LogP contribution in [0.1, 0.15) is 43.8 Å². The highest BCUT2D eigenvalue weighted by Gasteiger charge is 2.40. The molecule has 2 heterocycles. The van der Waals surface area contributed by atoms with Crippen molar-refractivity contribution in [1.82, 2.24) is 5.32 Å². The summed E-state index contributed by atoms with van der Waals surface area (Å²) < 4.78 is 27.8. The summed E-state index contributed by atoms with van der Waals surface area (Å²) in [5.74, 6) is -2.90. The van der Waals surface area contributed by atoms with Gasteiger partial charge in [0.25, 0.3) is 0 Å². The van der Waals surface area contributed by atoms with Crippen LogP contribution in [0, 0.1) is 13.8 Å². The van der Waals surface area contributed by atoms with Crippen molar-refractivity contribution < 1.29 is 41.5 Å². The summed E-state index contributed by atoms with van der Waals surface area (Å²) in [6.45, 7) is 6.41. The van der Waals surface area contributed by atoms with Gasteiger partial charge in [-0.15, -0.1) is 0 Å². The SMILES string of the molecule is CC(=O)N[C@@H](C(=O)OCc1oc(=O)oc1C)C(C)(C)SC(=O)OCc1oc(=O)oc1C. The van der Waals surface area contributed by atoms with E-state index in [2.05, 4.69) is 14.2 Å². The van der Waals surface area contributed by atoms with Crippen molar-refractivity contribution in [3.63, 3.8) is 0 Å². The molecular weight excluding hydrogens is 438 g/mol. The number of hydrogen-bond acceptors (Lipinski definition) is 12. The molecule has 1 amide bonds. The van der Waals surface area contributed by atoms with E-state index in [0.29, 0.717) is 11.8 Å². The predicted octanol–water partition coefficient (Wildman–Crippen LogP) is 1.79. The van der Waals surface area contributed by atoms with E-state index in [4.69, 9.17) is 18.3 Å². The summed E-state index contributed by atoms with van der Waals surface area (Å²) >= 11 is 0.622. The van der Waals surface area contributed by atoms with Crippen molar-refractivity contribution in [2.45, 2.75) is 58.6 Å². The van der Waals surface area contributed by atoms with Crippen LogP contribution in [0.2, 0.25) is 0 Å². The maximum absolute atomic E-state index is 12.6. The van der Waals surface area contributed by atoms with E-state index in [0.717, 1.165) is 0 Å². The van der Waals surface area contributed by atoms with Crippen LogP contribution in [0.15, 0.2) is 27.3 Å². The summed E-state index contributed by atoms with van der Waals surface area (Å²) in [5, 5.41) is 1.64. The number of hydrogen-bond donors (Lipinski definition) is 1. The summed E-state index contributed by atoms with van der Waals surface area (Å²) in [5.41, 5.74) is 0. The second-order valence-electron chi connectivity index (χ2n) is 6.85. The van der Waals surface area contributed by atoms with Crippen LogP contribution < -0.4 is 17.0 Å². The summed E-state index contributed by atoms with van der Waals surface area (Å²) in [6, 6.07) is -1.25. The zero-order chi connectivity index (χ0) is 23.3. The molecular formula is C18H21NO11S. The van der Waals surface area contributed by atoms with E-state index in [9.17, 15) is 24.0 Å². The molecule has 0 fully saturated rings. The van der Waals surface area contributed by atoms with Gasteiger partial charge in [0, 0.05) is 6.92 Å². The molecule has 0 saturated heterocycles. The van der Waals surface area contributed by atoms with Crippen molar-refractivity contribution in [3.05, 3.63) is 44.3 Å². The molecule has 1 atom stereocenters. The van der Waals surface area contributed by atoms with Gasteiger partial charge < -0.3 is 32.5 Å². The second kappa shape index (κ2) is 9.73. The average Bonchev–Trinajstić information content (AvgIpc) is 3.14. The maximum Gasteiger partial charge on any atom is 0.519 e. The maximum atomic E-state index is 12.6. The molecule has 2 aromatic rings. The van der Waals surface area contributed by atoms with Crippen LogP contribution in [0.4, 0.5) is 4.79 Å². The Morgan fingerprint density at radius 1 is 0.935 bits per heavy atom. The predicted molar refractivity (Wildman–Crippen MR) is 103 cm³/mol. The normalized spacial score (nSPS) is 12.3. The molecule has 0 aliphatic carbocycles. The molecule has 0 spiro atoms. The Kier molecular flexibility index (Phi) is 7.55. The molecule has 2 rings (SSSR count). The smallest absolute Gasteiger partial charge is 0.456 e. The molecule has 0 saturated carbocycles. The Labute approximate surface area is 179 Å². The van der Waals surface area contributed by atoms with E-state index in [-0.39, 0.29) is 29.6 Å². The topological polar surface area (TPSA) is 168 Å². The Hall–Kier alpha value is -3.22. The molecule has 12 nitrogen and oxygen atoms in total. The number of rotatable bonds is 8. The van der Waals surface area contributed by atoms with E-state index in [1.807, 2.05) is 0 Å². The van der Waals surface area contributed by atoms with Gasteiger partial charge in [0.15, 0.2) is 36.3 Å². The number of nitrogens with one attached hydrogen (secondary N) is 1. The molecule has 2 aromatic heterocycles. The molecule has 31 heavy (non-hydrogen) atoms. The summed E-state index contributed by atoms with van der Waals surface area (Å²) in [7, 11) is 0. The molecule has 1 N–H and O–H groups in total. The number of ether oxygens (including phenoxy) is 2. The van der Waals surface area contributed by atoms with Crippen LogP contribution >= 0.6 is 11.8 Å². The Morgan fingerprint density at radius 2 is 1.42 bits per heavy atom. The molecule has 0 unspecified atom stereocenters. The van der Waals surface area contributed by atoms with Crippen molar-refractivity contribution in [1.29, 1.82) is 0 Å². The van der Waals surface area contributed by atoms with E-state index in [1.165, 1.54) is 34.6 Å². The molecule has 0 aromatic carbocycles. The first-order chi connectivity index (χ1) is 14.4. The van der Waals surface area contributed by atoms with Gasteiger partial charge in [-0.1, -0.05) is 0 Å². The first kappa shape index (κ1) is 24.1.